The summed E-state index contributed by atoms with van der Waals surface area (Å²) in [6.07, 6.45) is 1.51. The van der Waals surface area contributed by atoms with Crippen LogP contribution in [0.2, 0.25) is 5.02 Å². The summed E-state index contributed by atoms with van der Waals surface area (Å²) in [6, 6.07) is 14.4. The van der Waals surface area contributed by atoms with Crippen LogP contribution in [0.1, 0.15) is 21.9 Å². The van der Waals surface area contributed by atoms with Crippen molar-refractivity contribution >= 4 is 23.2 Å². The van der Waals surface area contributed by atoms with Gasteiger partial charge in [0.05, 0.1) is 16.9 Å². The van der Waals surface area contributed by atoms with Crippen molar-refractivity contribution in [1.82, 2.24) is 9.97 Å². The molecule has 2 aromatic carbocycles. The molecule has 0 fully saturated rings. The number of amides is 1. The molecular weight excluding hydrogens is 338 g/mol. The lowest BCUT2D eigenvalue weighted by Gasteiger charge is -2.13. The summed E-state index contributed by atoms with van der Waals surface area (Å²) in [4.78, 5) is 20.9. The van der Waals surface area contributed by atoms with E-state index in [9.17, 15) is 4.79 Å². The predicted molar refractivity (Wildman–Crippen MR) is 97.4 cm³/mol. The van der Waals surface area contributed by atoms with Gasteiger partial charge in [-0.25, -0.2) is 9.97 Å². The van der Waals surface area contributed by atoms with Gasteiger partial charge in [-0.1, -0.05) is 29.8 Å². The van der Waals surface area contributed by atoms with Crippen molar-refractivity contribution in [2.24, 2.45) is 0 Å². The molecule has 0 aliphatic carbocycles. The van der Waals surface area contributed by atoms with Gasteiger partial charge in [0.2, 0.25) is 0 Å². The van der Waals surface area contributed by atoms with Crippen LogP contribution in [-0.4, -0.2) is 15.9 Å². The van der Waals surface area contributed by atoms with Crippen molar-refractivity contribution < 1.29 is 9.53 Å². The van der Waals surface area contributed by atoms with Gasteiger partial charge in [-0.2, -0.15) is 0 Å². The lowest BCUT2D eigenvalue weighted by molar-refractivity contribution is 0.102. The molecule has 0 atom stereocenters. The second-order valence-corrected chi connectivity index (χ2v) is 5.86. The summed E-state index contributed by atoms with van der Waals surface area (Å²) in [7, 11) is 0. The number of anilines is 1. The van der Waals surface area contributed by atoms with Gasteiger partial charge in [-0.3, -0.25) is 4.79 Å². The van der Waals surface area contributed by atoms with E-state index >= 15 is 0 Å². The number of hydrogen-bond donors (Lipinski definition) is 1. The number of carbonyl (C=O) groups excluding carboxylic acids is 1. The maximum absolute atomic E-state index is 12.6. The van der Waals surface area contributed by atoms with E-state index in [4.69, 9.17) is 16.3 Å². The van der Waals surface area contributed by atoms with Crippen LogP contribution in [0.5, 0.6) is 11.5 Å². The fourth-order valence-electron chi connectivity index (χ4n) is 2.30. The molecule has 0 bridgehead atoms. The lowest BCUT2D eigenvalue weighted by Crippen LogP contribution is -2.15. The molecule has 1 N–H and O–H groups in total. The molecule has 0 aliphatic heterocycles. The van der Waals surface area contributed by atoms with Gasteiger partial charge < -0.3 is 10.1 Å². The minimum atomic E-state index is -0.322. The standard InChI is InChI=1S/C19H16ClN3O2/c1-12-16(11-21-13(2)22-12)19(24)23-17-10-14(20)8-9-18(17)25-15-6-4-3-5-7-15/h3-11H,1-2H3,(H,23,24). The third kappa shape index (κ3) is 4.14. The second kappa shape index (κ2) is 7.32. The second-order valence-electron chi connectivity index (χ2n) is 5.43. The highest BCUT2D eigenvalue weighted by Gasteiger charge is 2.14. The van der Waals surface area contributed by atoms with Gasteiger partial charge >= 0.3 is 0 Å². The highest BCUT2D eigenvalue weighted by Crippen LogP contribution is 2.32. The molecule has 0 radical (unpaired) electrons. The number of halogens is 1. The van der Waals surface area contributed by atoms with Crippen molar-refractivity contribution in [3.8, 4) is 11.5 Å². The molecule has 3 rings (SSSR count). The largest absolute Gasteiger partial charge is 0.455 e. The Morgan fingerprint density at radius 3 is 2.60 bits per heavy atom. The van der Waals surface area contributed by atoms with Crippen molar-refractivity contribution in [2.45, 2.75) is 13.8 Å². The van der Waals surface area contributed by atoms with Crippen LogP contribution < -0.4 is 10.1 Å². The Kier molecular flexibility index (Phi) is 4.95. The first-order valence-electron chi connectivity index (χ1n) is 7.67. The third-order valence-electron chi connectivity index (χ3n) is 3.51. The summed E-state index contributed by atoms with van der Waals surface area (Å²) in [5.74, 6) is 1.45. The van der Waals surface area contributed by atoms with E-state index in [0.29, 0.717) is 39.3 Å². The number of ether oxygens (including phenoxy) is 1. The summed E-state index contributed by atoms with van der Waals surface area (Å²) in [5.41, 5.74) is 1.48. The predicted octanol–water partition coefficient (Wildman–Crippen LogP) is 4.79. The molecular formula is C19H16ClN3O2. The van der Waals surface area contributed by atoms with E-state index in [-0.39, 0.29) is 5.91 Å². The lowest BCUT2D eigenvalue weighted by atomic mass is 10.2. The van der Waals surface area contributed by atoms with Crippen molar-refractivity contribution in [3.63, 3.8) is 0 Å². The molecule has 5 nitrogen and oxygen atoms in total. The molecule has 0 saturated carbocycles. The number of aryl methyl sites for hydroxylation is 2. The van der Waals surface area contributed by atoms with Gasteiger partial charge in [-0.15, -0.1) is 0 Å². The number of benzene rings is 2. The Balaban J connectivity index is 1.88. The van der Waals surface area contributed by atoms with Crippen molar-refractivity contribution in [1.29, 1.82) is 0 Å². The summed E-state index contributed by atoms with van der Waals surface area (Å²) in [5, 5.41) is 3.31. The average molecular weight is 354 g/mol. The van der Waals surface area contributed by atoms with Crippen molar-refractivity contribution in [3.05, 3.63) is 76.8 Å². The molecule has 0 saturated heterocycles. The van der Waals surface area contributed by atoms with Gasteiger partial charge in [0.25, 0.3) is 5.91 Å². The molecule has 3 aromatic rings. The molecule has 0 unspecified atom stereocenters. The van der Waals surface area contributed by atoms with Gasteiger partial charge in [0.1, 0.15) is 11.6 Å². The molecule has 6 heteroatoms. The first kappa shape index (κ1) is 16.9. The topological polar surface area (TPSA) is 64.1 Å². The van der Waals surface area contributed by atoms with Crippen LogP contribution in [0.15, 0.2) is 54.7 Å². The Morgan fingerprint density at radius 2 is 1.88 bits per heavy atom. The van der Waals surface area contributed by atoms with Crippen LogP contribution in [0, 0.1) is 13.8 Å². The van der Waals surface area contributed by atoms with E-state index in [1.54, 1.807) is 32.0 Å². The number of aromatic nitrogens is 2. The fourth-order valence-corrected chi connectivity index (χ4v) is 2.47. The minimum Gasteiger partial charge on any atom is -0.455 e. The Labute approximate surface area is 150 Å². The number of rotatable bonds is 4. The van der Waals surface area contributed by atoms with Gasteiger partial charge in [0, 0.05) is 11.2 Å². The monoisotopic (exact) mass is 353 g/mol. The normalized spacial score (nSPS) is 10.4. The fraction of sp³-hybridized carbons (Fsp3) is 0.105. The molecule has 0 aliphatic rings. The highest BCUT2D eigenvalue weighted by atomic mass is 35.5. The zero-order chi connectivity index (χ0) is 17.8. The van der Waals surface area contributed by atoms with Crippen LogP contribution in [0.3, 0.4) is 0 Å². The summed E-state index contributed by atoms with van der Waals surface area (Å²) in [6.45, 7) is 3.54. The van der Waals surface area contributed by atoms with E-state index in [1.807, 2.05) is 30.3 Å². The molecule has 126 valence electrons. The zero-order valence-corrected chi connectivity index (χ0v) is 14.5. The molecule has 1 amide bonds. The Hall–Kier alpha value is -2.92. The van der Waals surface area contributed by atoms with Gasteiger partial charge in [-0.05, 0) is 44.2 Å². The number of carbonyl (C=O) groups is 1. The van der Waals surface area contributed by atoms with Gasteiger partial charge in [0.15, 0.2) is 5.75 Å². The highest BCUT2D eigenvalue weighted by molar-refractivity contribution is 6.31. The van der Waals surface area contributed by atoms with E-state index in [2.05, 4.69) is 15.3 Å². The number of nitrogens with one attached hydrogen (secondary N) is 1. The van der Waals surface area contributed by atoms with Crippen LogP contribution in [-0.2, 0) is 0 Å². The SMILES string of the molecule is Cc1ncc(C(=O)Nc2cc(Cl)ccc2Oc2ccccc2)c(C)n1. The Bertz CT molecular complexity index is 914. The molecule has 1 heterocycles. The number of hydrogen-bond acceptors (Lipinski definition) is 4. The first-order chi connectivity index (χ1) is 12.0. The summed E-state index contributed by atoms with van der Waals surface area (Å²) < 4.78 is 5.85. The molecule has 0 spiro atoms. The minimum absolute atomic E-state index is 0.322. The van der Waals surface area contributed by atoms with Crippen LogP contribution in [0.25, 0.3) is 0 Å². The molecule has 1 aromatic heterocycles. The molecule has 25 heavy (non-hydrogen) atoms. The van der Waals surface area contributed by atoms with E-state index in [1.165, 1.54) is 6.20 Å². The van der Waals surface area contributed by atoms with Crippen molar-refractivity contribution in [2.75, 3.05) is 5.32 Å². The average Bonchev–Trinajstić information content (AvgIpc) is 2.58. The maximum atomic E-state index is 12.6. The van der Waals surface area contributed by atoms with Crippen LogP contribution in [0.4, 0.5) is 5.69 Å². The number of para-hydroxylation sites is 1. The smallest absolute Gasteiger partial charge is 0.259 e. The van der Waals surface area contributed by atoms with E-state index < -0.39 is 0 Å². The first-order valence-corrected chi connectivity index (χ1v) is 8.05. The van der Waals surface area contributed by atoms with E-state index in [0.717, 1.165) is 0 Å². The van der Waals surface area contributed by atoms with Crippen LogP contribution >= 0.6 is 11.6 Å². The quantitative estimate of drug-likeness (QED) is 0.732. The third-order valence-corrected chi connectivity index (χ3v) is 3.74. The number of nitrogens with zero attached hydrogens (tertiary/aromatic N) is 2. The summed E-state index contributed by atoms with van der Waals surface area (Å²) >= 11 is 6.07. The maximum Gasteiger partial charge on any atom is 0.259 e. The Morgan fingerprint density at radius 1 is 1.12 bits per heavy atom. The zero-order valence-electron chi connectivity index (χ0n) is 13.8.